The van der Waals surface area contributed by atoms with Crippen LogP contribution in [0.15, 0.2) is 44.6 Å². The summed E-state index contributed by atoms with van der Waals surface area (Å²) in [5, 5.41) is 9.52. The highest BCUT2D eigenvalue weighted by Gasteiger charge is 2.46. The number of halogens is 3. The zero-order valence-electron chi connectivity index (χ0n) is 19.1. The van der Waals surface area contributed by atoms with Crippen LogP contribution in [0.5, 0.6) is 0 Å². The van der Waals surface area contributed by atoms with Crippen LogP contribution in [-0.4, -0.2) is 45.0 Å². The first kappa shape index (κ1) is 25.1. The van der Waals surface area contributed by atoms with E-state index < -0.39 is 35.4 Å². The molecular formula is C22H22F3N5O3S2. The molecule has 0 N–H and O–H groups in total. The van der Waals surface area contributed by atoms with Gasteiger partial charge in [-0.1, -0.05) is 6.92 Å². The van der Waals surface area contributed by atoms with Crippen LogP contribution in [0.4, 0.5) is 13.2 Å². The minimum Gasteiger partial charge on any atom is -0.326 e. The van der Waals surface area contributed by atoms with Gasteiger partial charge in [0, 0.05) is 19.8 Å². The van der Waals surface area contributed by atoms with E-state index in [0.717, 1.165) is 12.1 Å². The summed E-state index contributed by atoms with van der Waals surface area (Å²) in [6.45, 7) is 2.56. The summed E-state index contributed by atoms with van der Waals surface area (Å²) in [7, 11) is -6.92. The first-order chi connectivity index (χ1) is 16.3. The standard InChI is InChI=1S/C22H22F3N5O3S2/c1-4-28-35(33,22(23,24)25)15-6-7-17-16(11-15)29-20(30(17)3)19-18(34(31,32)5-2)10-14(12-27-19)21(13-26)8-9-21/h6-7,10-12H,4-5,8-9H2,1-3H3. The topological polar surface area (TPSA) is 118 Å². The SMILES string of the molecule is CCN=S(=O)(c1ccc2c(c1)nc(-c1ncc(C3(C#N)CC3)cc1S(=O)(=O)CC)n2C)C(F)(F)F. The normalized spacial score (nSPS) is 17.1. The molecule has 1 unspecified atom stereocenters. The summed E-state index contributed by atoms with van der Waals surface area (Å²) in [6, 6.07) is 7.15. The van der Waals surface area contributed by atoms with Crippen LogP contribution >= 0.6 is 0 Å². The zero-order chi connectivity index (χ0) is 25.8. The molecule has 1 saturated carbocycles. The molecule has 0 aliphatic heterocycles. The largest absolute Gasteiger partial charge is 0.483 e. The molecule has 35 heavy (non-hydrogen) atoms. The number of hydrogen-bond donors (Lipinski definition) is 0. The lowest BCUT2D eigenvalue weighted by Gasteiger charge is -2.13. The molecule has 8 nitrogen and oxygen atoms in total. The van der Waals surface area contributed by atoms with E-state index in [1.165, 1.54) is 36.7 Å². The summed E-state index contributed by atoms with van der Waals surface area (Å²) in [5.74, 6) is -0.103. The minimum atomic E-state index is -5.08. The van der Waals surface area contributed by atoms with Gasteiger partial charge in [-0.25, -0.2) is 22.0 Å². The maximum Gasteiger partial charge on any atom is 0.483 e. The van der Waals surface area contributed by atoms with Crippen molar-refractivity contribution in [1.82, 2.24) is 14.5 Å². The lowest BCUT2D eigenvalue weighted by molar-refractivity contribution is -0.0403. The maximum absolute atomic E-state index is 13.6. The van der Waals surface area contributed by atoms with E-state index in [-0.39, 0.29) is 34.2 Å². The highest BCUT2D eigenvalue weighted by molar-refractivity contribution is 7.94. The summed E-state index contributed by atoms with van der Waals surface area (Å²) in [6.07, 6.45) is 2.65. The Morgan fingerprint density at radius 2 is 1.89 bits per heavy atom. The van der Waals surface area contributed by atoms with Crippen molar-refractivity contribution in [3.8, 4) is 17.6 Å². The van der Waals surface area contributed by atoms with Gasteiger partial charge >= 0.3 is 5.51 Å². The molecule has 13 heteroatoms. The quantitative estimate of drug-likeness (QED) is 0.472. The molecule has 1 aromatic carbocycles. The number of nitriles is 1. The Morgan fingerprint density at radius 1 is 1.20 bits per heavy atom. The lowest BCUT2D eigenvalue weighted by Crippen LogP contribution is -2.23. The number of benzene rings is 1. The van der Waals surface area contributed by atoms with Crippen LogP contribution in [0.2, 0.25) is 0 Å². The van der Waals surface area contributed by atoms with Crippen LogP contribution in [0.1, 0.15) is 32.3 Å². The maximum atomic E-state index is 13.6. The number of sulfone groups is 1. The molecule has 0 amide bonds. The second-order valence-electron chi connectivity index (χ2n) is 8.23. The van der Waals surface area contributed by atoms with Gasteiger partial charge in [-0.3, -0.25) is 4.98 Å². The molecule has 1 aliphatic carbocycles. The third-order valence-electron chi connectivity index (χ3n) is 6.09. The second-order valence-corrected chi connectivity index (χ2v) is 12.7. The Kier molecular flexibility index (Phi) is 5.96. The molecule has 0 spiro atoms. The number of nitrogens with zero attached hydrogens (tertiary/aromatic N) is 5. The van der Waals surface area contributed by atoms with E-state index in [1.54, 1.807) is 7.05 Å². The number of imidazole rings is 1. The van der Waals surface area contributed by atoms with Gasteiger partial charge in [-0.2, -0.15) is 18.4 Å². The van der Waals surface area contributed by atoms with Gasteiger partial charge in [0.05, 0.1) is 38.1 Å². The monoisotopic (exact) mass is 525 g/mol. The van der Waals surface area contributed by atoms with Crippen LogP contribution in [-0.2, 0) is 32.0 Å². The zero-order valence-corrected chi connectivity index (χ0v) is 20.8. The summed E-state index contributed by atoms with van der Waals surface area (Å²) < 4.78 is 84.4. The molecule has 186 valence electrons. The second kappa shape index (κ2) is 8.30. The summed E-state index contributed by atoms with van der Waals surface area (Å²) in [4.78, 5) is 8.09. The molecule has 0 radical (unpaired) electrons. The van der Waals surface area contributed by atoms with Gasteiger partial charge in [-0.15, -0.1) is 0 Å². The van der Waals surface area contributed by atoms with Crippen molar-refractivity contribution >= 4 is 30.6 Å². The first-order valence-corrected chi connectivity index (χ1v) is 13.9. The van der Waals surface area contributed by atoms with Gasteiger partial charge in [0.1, 0.15) is 5.69 Å². The molecule has 2 aromatic heterocycles. The summed E-state index contributed by atoms with van der Waals surface area (Å²) in [5.41, 5.74) is -4.82. The lowest BCUT2D eigenvalue weighted by atomic mass is 9.99. The number of rotatable bonds is 6. The van der Waals surface area contributed by atoms with Gasteiger partial charge in [0.15, 0.2) is 25.4 Å². The number of aryl methyl sites for hydroxylation is 1. The van der Waals surface area contributed by atoms with Crippen LogP contribution in [0, 0.1) is 11.3 Å². The van der Waals surface area contributed by atoms with Crippen molar-refractivity contribution in [3.05, 3.63) is 36.0 Å². The number of hydrogen-bond acceptors (Lipinski definition) is 7. The number of fused-ring (bicyclic) bond motifs is 1. The number of alkyl halides is 3. The summed E-state index contributed by atoms with van der Waals surface area (Å²) >= 11 is 0. The highest BCUT2D eigenvalue weighted by Crippen LogP contribution is 2.48. The smallest absolute Gasteiger partial charge is 0.326 e. The van der Waals surface area contributed by atoms with Crippen molar-refractivity contribution in [2.75, 3.05) is 12.3 Å². The fourth-order valence-corrected chi connectivity index (χ4v) is 6.39. The van der Waals surface area contributed by atoms with Crippen molar-refractivity contribution in [2.45, 2.75) is 47.4 Å². The third-order valence-corrected chi connectivity index (χ3v) is 9.98. The minimum absolute atomic E-state index is 0.0272. The molecule has 2 heterocycles. The van der Waals surface area contributed by atoms with Crippen molar-refractivity contribution in [1.29, 1.82) is 5.26 Å². The fraction of sp³-hybridized carbons (Fsp3) is 0.409. The molecule has 0 bridgehead atoms. The van der Waals surface area contributed by atoms with Crippen molar-refractivity contribution < 1.29 is 25.8 Å². The van der Waals surface area contributed by atoms with Crippen LogP contribution in [0.25, 0.3) is 22.6 Å². The van der Waals surface area contributed by atoms with E-state index in [1.807, 2.05) is 0 Å². The number of aromatic nitrogens is 3. The Hall–Kier alpha value is -2.98. The van der Waals surface area contributed by atoms with Crippen LogP contribution in [0.3, 0.4) is 0 Å². The molecular weight excluding hydrogens is 503 g/mol. The van der Waals surface area contributed by atoms with E-state index in [9.17, 15) is 31.1 Å². The Bertz CT molecular complexity index is 1610. The molecule has 1 fully saturated rings. The van der Waals surface area contributed by atoms with E-state index >= 15 is 0 Å². The van der Waals surface area contributed by atoms with Gasteiger partial charge in [-0.05, 0) is 49.6 Å². The average Bonchev–Trinajstić information content (AvgIpc) is 3.56. The van der Waals surface area contributed by atoms with Gasteiger partial charge < -0.3 is 4.57 Å². The van der Waals surface area contributed by atoms with Crippen molar-refractivity contribution in [3.63, 3.8) is 0 Å². The fourth-order valence-electron chi connectivity index (χ4n) is 3.88. The molecule has 3 aromatic rings. The predicted molar refractivity (Wildman–Crippen MR) is 124 cm³/mol. The number of pyridine rings is 1. The Morgan fingerprint density at radius 3 is 2.43 bits per heavy atom. The van der Waals surface area contributed by atoms with Gasteiger partial charge in [0.2, 0.25) is 0 Å². The molecule has 0 saturated heterocycles. The average molecular weight is 526 g/mol. The molecule has 1 aliphatic rings. The van der Waals surface area contributed by atoms with Gasteiger partial charge in [0.25, 0.3) is 0 Å². The predicted octanol–water partition coefficient (Wildman–Crippen LogP) is 4.35. The first-order valence-electron chi connectivity index (χ1n) is 10.7. The van der Waals surface area contributed by atoms with E-state index in [4.69, 9.17) is 0 Å². The molecule has 4 rings (SSSR count). The van der Waals surface area contributed by atoms with Crippen molar-refractivity contribution in [2.24, 2.45) is 11.4 Å². The van der Waals surface area contributed by atoms with E-state index in [0.29, 0.717) is 23.9 Å². The highest BCUT2D eigenvalue weighted by atomic mass is 32.2. The molecule has 1 atom stereocenters. The Labute approximate surface area is 200 Å². The Balaban J connectivity index is 1.95. The van der Waals surface area contributed by atoms with E-state index in [2.05, 4.69) is 20.4 Å². The third kappa shape index (κ3) is 3.98. The van der Waals surface area contributed by atoms with Crippen LogP contribution < -0.4 is 0 Å².